The largest absolute Gasteiger partial charge is 0.545 e. The maximum absolute atomic E-state index is 13.1. The number of methoxy groups -OCH3 is 1. The second kappa shape index (κ2) is 10.1. The molecule has 9 heteroatoms. The van der Waals surface area contributed by atoms with Gasteiger partial charge in [-0.05, 0) is 59.2 Å². The fraction of sp³-hybridized carbons (Fsp3) is 0.0800. The molecule has 1 amide bonds. The zero-order valence-corrected chi connectivity index (χ0v) is 19.5. The number of ether oxygens (including phenoxy) is 2. The van der Waals surface area contributed by atoms with Crippen molar-refractivity contribution in [3.63, 3.8) is 0 Å². The van der Waals surface area contributed by atoms with Crippen molar-refractivity contribution in [2.45, 2.75) is 6.61 Å². The van der Waals surface area contributed by atoms with Gasteiger partial charge in [0.05, 0.1) is 23.7 Å². The van der Waals surface area contributed by atoms with Crippen molar-refractivity contribution in [2.24, 2.45) is 0 Å². The van der Waals surface area contributed by atoms with Gasteiger partial charge < -0.3 is 19.4 Å². The highest BCUT2D eigenvalue weighted by Crippen LogP contribution is 2.37. The molecule has 0 radical (unpaired) electrons. The van der Waals surface area contributed by atoms with E-state index in [9.17, 15) is 19.1 Å². The zero-order valence-electron chi connectivity index (χ0n) is 17.8. The minimum Gasteiger partial charge on any atom is -0.545 e. The summed E-state index contributed by atoms with van der Waals surface area (Å²) < 4.78 is 24.6. The van der Waals surface area contributed by atoms with Gasteiger partial charge in [-0.2, -0.15) is 0 Å². The molecule has 3 aromatic rings. The smallest absolute Gasteiger partial charge is 0.270 e. The molecule has 0 saturated carbocycles. The molecule has 0 unspecified atom stereocenters. The fourth-order valence-electron chi connectivity index (χ4n) is 3.22. The van der Waals surface area contributed by atoms with E-state index in [0.717, 1.165) is 17.3 Å². The van der Waals surface area contributed by atoms with Crippen LogP contribution in [-0.2, 0) is 11.4 Å². The molecular formula is C25H17FNO5S2-. The summed E-state index contributed by atoms with van der Waals surface area (Å²) in [4.78, 5) is 25.7. The monoisotopic (exact) mass is 494 g/mol. The summed E-state index contributed by atoms with van der Waals surface area (Å²) in [7, 11) is 1.51. The zero-order chi connectivity index (χ0) is 24.2. The first-order chi connectivity index (χ1) is 16.4. The van der Waals surface area contributed by atoms with Crippen LogP contribution in [0.4, 0.5) is 10.1 Å². The fourth-order valence-corrected chi connectivity index (χ4v) is 4.52. The molecule has 0 aromatic heterocycles. The predicted molar refractivity (Wildman–Crippen MR) is 130 cm³/mol. The first-order valence-electron chi connectivity index (χ1n) is 10.0. The molecule has 34 heavy (non-hydrogen) atoms. The van der Waals surface area contributed by atoms with E-state index < -0.39 is 5.97 Å². The molecule has 0 aliphatic carbocycles. The van der Waals surface area contributed by atoms with E-state index in [1.807, 2.05) is 0 Å². The van der Waals surface area contributed by atoms with Gasteiger partial charge in [0, 0.05) is 0 Å². The summed E-state index contributed by atoms with van der Waals surface area (Å²) >= 11 is 6.51. The second-order valence-corrected chi connectivity index (χ2v) is 8.85. The van der Waals surface area contributed by atoms with Gasteiger partial charge >= 0.3 is 0 Å². The normalized spacial score (nSPS) is 14.5. The van der Waals surface area contributed by atoms with E-state index in [1.54, 1.807) is 36.4 Å². The standard InChI is InChI=1S/C25H18FNO5S2/c1-31-21-12-16(4-11-20(21)32-14-15-2-7-18(26)8-3-15)13-22-23(28)27(25(33)34-22)19-9-5-17(6-10-19)24(29)30/h2-13H,14H2,1H3,(H,29,30)/p-1/b22-13-. The number of thioether (sulfide) groups is 1. The highest BCUT2D eigenvalue weighted by molar-refractivity contribution is 8.27. The molecule has 1 saturated heterocycles. The van der Waals surface area contributed by atoms with Crippen molar-refractivity contribution in [1.29, 1.82) is 0 Å². The van der Waals surface area contributed by atoms with Crippen LogP contribution < -0.4 is 19.5 Å². The van der Waals surface area contributed by atoms with E-state index in [0.29, 0.717) is 32.0 Å². The topological polar surface area (TPSA) is 78.9 Å². The molecule has 0 spiro atoms. The Hall–Kier alpha value is -3.69. The summed E-state index contributed by atoms with van der Waals surface area (Å²) in [5.41, 5.74) is 2.00. The van der Waals surface area contributed by atoms with Gasteiger partial charge in [0.2, 0.25) is 0 Å². The lowest BCUT2D eigenvalue weighted by Gasteiger charge is -2.15. The average Bonchev–Trinajstić information content (AvgIpc) is 3.11. The molecule has 1 fully saturated rings. The first-order valence-corrected chi connectivity index (χ1v) is 11.2. The van der Waals surface area contributed by atoms with Crippen molar-refractivity contribution in [3.8, 4) is 11.5 Å². The summed E-state index contributed by atoms with van der Waals surface area (Å²) in [6.07, 6.45) is 1.70. The number of thiocarbonyl (C=S) groups is 1. The van der Waals surface area contributed by atoms with Crippen LogP contribution in [0.5, 0.6) is 11.5 Å². The van der Waals surface area contributed by atoms with Crippen LogP contribution >= 0.6 is 24.0 Å². The Balaban J connectivity index is 1.51. The number of benzene rings is 3. The molecule has 4 rings (SSSR count). The number of hydrogen-bond donors (Lipinski definition) is 0. The number of rotatable bonds is 7. The number of carbonyl (C=O) groups excluding carboxylic acids is 2. The van der Waals surface area contributed by atoms with E-state index in [-0.39, 0.29) is 23.9 Å². The van der Waals surface area contributed by atoms with E-state index in [4.69, 9.17) is 21.7 Å². The minimum absolute atomic E-state index is 0.0126. The number of carboxylic acids is 1. The van der Waals surface area contributed by atoms with Gasteiger partial charge in [-0.1, -0.05) is 54.3 Å². The van der Waals surface area contributed by atoms with Crippen molar-refractivity contribution in [1.82, 2.24) is 0 Å². The lowest BCUT2D eigenvalue weighted by Crippen LogP contribution is -2.28. The number of nitrogens with zero attached hydrogens (tertiary/aromatic N) is 1. The Morgan fingerprint density at radius 2 is 1.79 bits per heavy atom. The van der Waals surface area contributed by atoms with Crippen LogP contribution in [0.2, 0.25) is 0 Å². The van der Waals surface area contributed by atoms with Gasteiger partial charge in [0.1, 0.15) is 12.4 Å². The number of halogens is 1. The predicted octanol–water partition coefficient (Wildman–Crippen LogP) is 4.18. The molecule has 3 aromatic carbocycles. The number of carboxylic acid groups (broad SMARTS) is 1. The number of anilines is 1. The van der Waals surface area contributed by atoms with Gasteiger partial charge in [-0.3, -0.25) is 9.69 Å². The molecule has 1 aliphatic heterocycles. The first kappa shape index (κ1) is 23.5. The Morgan fingerprint density at radius 3 is 2.44 bits per heavy atom. The summed E-state index contributed by atoms with van der Waals surface area (Å²) in [6, 6.07) is 17.0. The van der Waals surface area contributed by atoms with Crippen LogP contribution in [0, 0.1) is 5.82 Å². The summed E-state index contributed by atoms with van der Waals surface area (Å²) in [5, 5.41) is 11.0. The number of carbonyl (C=O) groups is 2. The third kappa shape index (κ3) is 5.11. The third-order valence-electron chi connectivity index (χ3n) is 4.95. The summed E-state index contributed by atoms with van der Waals surface area (Å²) in [6.45, 7) is 0.241. The van der Waals surface area contributed by atoms with Crippen LogP contribution in [0.1, 0.15) is 21.5 Å². The molecular weight excluding hydrogens is 477 g/mol. The van der Waals surface area contributed by atoms with Crippen LogP contribution in [0.25, 0.3) is 6.08 Å². The highest BCUT2D eigenvalue weighted by Gasteiger charge is 2.33. The van der Waals surface area contributed by atoms with E-state index in [2.05, 4.69) is 0 Å². The molecule has 0 N–H and O–H groups in total. The van der Waals surface area contributed by atoms with Crippen LogP contribution in [-0.4, -0.2) is 23.3 Å². The van der Waals surface area contributed by atoms with Gasteiger partial charge in [0.15, 0.2) is 15.8 Å². The quantitative estimate of drug-likeness (QED) is 0.360. The maximum atomic E-state index is 13.1. The van der Waals surface area contributed by atoms with Crippen LogP contribution in [0.3, 0.4) is 0 Å². The lowest BCUT2D eigenvalue weighted by molar-refractivity contribution is -0.255. The molecule has 1 aliphatic rings. The average molecular weight is 495 g/mol. The number of hydrogen-bond acceptors (Lipinski definition) is 7. The second-order valence-electron chi connectivity index (χ2n) is 7.18. The van der Waals surface area contributed by atoms with Crippen molar-refractivity contribution in [2.75, 3.05) is 12.0 Å². The molecule has 1 heterocycles. The highest BCUT2D eigenvalue weighted by atomic mass is 32.2. The summed E-state index contributed by atoms with van der Waals surface area (Å²) in [5.74, 6) is -0.943. The van der Waals surface area contributed by atoms with Gasteiger partial charge in [-0.15, -0.1) is 0 Å². The van der Waals surface area contributed by atoms with Gasteiger partial charge in [0.25, 0.3) is 5.91 Å². The Labute approximate surface area is 204 Å². The molecule has 0 bridgehead atoms. The number of aromatic carboxylic acids is 1. The molecule has 6 nitrogen and oxygen atoms in total. The SMILES string of the molecule is COc1cc(/C=C2\SC(=S)N(c3ccc(C(=O)[O-])cc3)C2=O)ccc1OCc1ccc(F)cc1. The molecule has 0 atom stereocenters. The minimum atomic E-state index is -1.30. The Morgan fingerprint density at radius 1 is 1.09 bits per heavy atom. The Kier molecular flexibility index (Phi) is 6.95. The van der Waals surface area contributed by atoms with Gasteiger partial charge in [-0.25, -0.2) is 4.39 Å². The lowest BCUT2D eigenvalue weighted by atomic mass is 10.1. The Bertz CT molecular complexity index is 1290. The third-order valence-corrected chi connectivity index (χ3v) is 6.25. The number of amides is 1. The van der Waals surface area contributed by atoms with E-state index >= 15 is 0 Å². The van der Waals surface area contributed by atoms with Crippen molar-refractivity contribution < 1.29 is 28.6 Å². The van der Waals surface area contributed by atoms with Crippen molar-refractivity contribution in [3.05, 3.63) is 94.1 Å². The molecule has 172 valence electrons. The van der Waals surface area contributed by atoms with Crippen molar-refractivity contribution >= 4 is 51.9 Å². The van der Waals surface area contributed by atoms with E-state index in [1.165, 1.54) is 48.4 Å². The maximum Gasteiger partial charge on any atom is 0.270 e. The van der Waals surface area contributed by atoms with Crippen LogP contribution in [0.15, 0.2) is 71.6 Å².